The van der Waals surface area contributed by atoms with Gasteiger partial charge in [-0.05, 0) is 43.7 Å². The minimum atomic E-state index is 0.0339. The van der Waals surface area contributed by atoms with Gasteiger partial charge in [0.15, 0.2) is 0 Å². The number of amides is 1. The highest BCUT2D eigenvalue weighted by Crippen LogP contribution is 2.32. The van der Waals surface area contributed by atoms with Crippen LogP contribution in [0.5, 0.6) is 0 Å². The molecule has 1 aliphatic carbocycles. The van der Waals surface area contributed by atoms with Crippen LogP contribution in [0, 0.1) is 5.92 Å². The third-order valence-corrected chi connectivity index (χ3v) is 4.58. The van der Waals surface area contributed by atoms with Gasteiger partial charge in [0, 0.05) is 18.0 Å². The van der Waals surface area contributed by atoms with Crippen molar-refractivity contribution in [1.82, 2.24) is 5.32 Å². The standard InChI is InChI=1S/C14H21NO2S/c1-9-4-5-12-11(6-9)7-13(18-12)14(16)15-10(2)8-17-3/h7,9-10H,4-6,8H2,1-3H3,(H,15,16)/t9-,10+/m0/s1. The van der Waals surface area contributed by atoms with E-state index in [-0.39, 0.29) is 11.9 Å². The zero-order valence-electron chi connectivity index (χ0n) is 11.3. The highest BCUT2D eigenvalue weighted by atomic mass is 32.1. The van der Waals surface area contributed by atoms with Crippen molar-refractivity contribution in [1.29, 1.82) is 0 Å². The lowest BCUT2D eigenvalue weighted by atomic mass is 9.90. The van der Waals surface area contributed by atoms with E-state index in [4.69, 9.17) is 4.74 Å². The van der Waals surface area contributed by atoms with Crippen LogP contribution in [0.15, 0.2) is 6.07 Å². The van der Waals surface area contributed by atoms with Crippen molar-refractivity contribution in [2.45, 2.75) is 39.2 Å². The molecular formula is C14H21NO2S. The second-order valence-electron chi connectivity index (χ2n) is 5.24. The summed E-state index contributed by atoms with van der Waals surface area (Å²) in [5.41, 5.74) is 1.38. The number of thiophene rings is 1. The lowest BCUT2D eigenvalue weighted by molar-refractivity contribution is 0.0909. The van der Waals surface area contributed by atoms with Gasteiger partial charge in [-0.15, -0.1) is 11.3 Å². The zero-order chi connectivity index (χ0) is 13.1. The molecule has 1 aromatic heterocycles. The molecule has 18 heavy (non-hydrogen) atoms. The summed E-state index contributed by atoms with van der Waals surface area (Å²) in [6, 6.07) is 2.13. The van der Waals surface area contributed by atoms with E-state index in [2.05, 4.69) is 18.3 Å². The number of carbonyl (C=O) groups excluding carboxylic acids is 1. The molecule has 1 amide bonds. The molecule has 0 radical (unpaired) electrons. The minimum Gasteiger partial charge on any atom is -0.383 e. The highest BCUT2D eigenvalue weighted by Gasteiger charge is 2.21. The van der Waals surface area contributed by atoms with Crippen molar-refractivity contribution in [2.75, 3.05) is 13.7 Å². The SMILES string of the molecule is COC[C@@H](C)NC(=O)c1cc2c(s1)CC[C@H](C)C2. The predicted molar refractivity (Wildman–Crippen MR) is 74.3 cm³/mol. The van der Waals surface area contributed by atoms with Crippen molar-refractivity contribution in [3.05, 3.63) is 21.4 Å². The van der Waals surface area contributed by atoms with Gasteiger partial charge < -0.3 is 10.1 Å². The second kappa shape index (κ2) is 5.85. The first-order valence-electron chi connectivity index (χ1n) is 6.51. The Bertz CT molecular complexity index is 427. The molecule has 0 unspecified atom stereocenters. The van der Waals surface area contributed by atoms with E-state index in [0.717, 1.165) is 23.6 Å². The van der Waals surface area contributed by atoms with Crippen molar-refractivity contribution in [2.24, 2.45) is 5.92 Å². The molecule has 1 heterocycles. The lowest BCUT2D eigenvalue weighted by Crippen LogP contribution is -2.35. The van der Waals surface area contributed by atoms with E-state index in [9.17, 15) is 4.79 Å². The number of aryl methyl sites for hydroxylation is 1. The summed E-state index contributed by atoms with van der Waals surface area (Å²) in [4.78, 5) is 14.3. The fraction of sp³-hybridized carbons (Fsp3) is 0.643. The molecule has 1 aliphatic rings. The normalized spacial score (nSPS) is 20.3. The summed E-state index contributed by atoms with van der Waals surface area (Å²) >= 11 is 1.65. The fourth-order valence-electron chi connectivity index (χ4n) is 2.40. The van der Waals surface area contributed by atoms with E-state index in [1.165, 1.54) is 16.9 Å². The second-order valence-corrected chi connectivity index (χ2v) is 6.37. The molecule has 0 aliphatic heterocycles. The third-order valence-electron chi connectivity index (χ3n) is 3.35. The van der Waals surface area contributed by atoms with Gasteiger partial charge in [-0.3, -0.25) is 4.79 Å². The van der Waals surface area contributed by atoms with Crippen LogP contribution in [-0.4, -0.2) is 25.7 Å². The summed E-state index contributed by atoms with van der Waals surface area (Å²) in [6.45, 7) is 4.78. The average Bonchev–Trinajstić information content (AvgIpc) is 2.72. The summed E-state index contributed by atoms with van der Waals surface area (Å²) in [5, 5.41) is 2.96. The van der Waals surface area contributed by atoms with Gasteiger partial charge in [0.1, 0.15) is 0 Å². The molecule has 0 aromatic carbocycles. The summed E-state index contributed by atoms with van der Waals surface area (Å²) < 4.78 is 5.02. The first kappa shape index (κ1) is 13.6. The molecule has 0 fully saturated rings. The van der Waals surface area contributed by atoms with Crippen LogP contribution in [0.2, 0.25) is 0 Å². The van der Waals surface area contributed by atoms with Gasteiger partial charge in [-0.2, -0.15) is 0 Å². The maximum Gasteiger partial charge on any atom is 0.261 e. The van der Waals surface area contributed by atoms with Crippen molar-refractivity contribution >= 4 is 17.2 Å². The molecular weight excluding hydrogens is 246 g/mol. The number of methoxy groups -OCH3 is 1. The molecule has 2 atom stereocenters. The third kappa shape index (κ3) is 3.12. The van der Waals surface area contributed by atoms with Crippen molar-refractivity contribution < 1.29 is 9.53 Å². The van der Waals surface area contributed by atoms with Gasteiger partial charge in [0.2, 0.25) is 0 Å². The number of fused-ring (bicyclic) bond motifs is 1. The van der Waals surface area contributed by atoms with E-state index in [1.54, 1.807) is 18.4 Å². The van der Waals surface area contributed by atoms with Crippen LogP contribution in [0.1, 0.15) is 40.4 Å². The first-order chi connectivity index (χ1) is 8.60. The molecule has 1 aromatic rings. The quantitative estimate of drug-likeness (QED) is 0.910. The first-order valence-corrected chi connectivity index (χ1v) is 7.33. The Kier molecular flexibility index (Phi) is 4.40. The summed E-state index contributed by atoms with van der Waals surface area (Å²) in [7, 11) is 1.65. The van der Waals surface area contributed by atoms with Gasteiger partial charge in [-0.1, -0.05) is 6.92 Å². The lowest BCUT2D eigenvalue weighted by Gasteiger charge is -2.16. The largest absolute Gasteiger partial charge is 0.383 e. The van der Waals surface area contributed by atoms with Crippen LogP contribution in [0.3, 0.4) is 0 Å². The molecule has 3 nitrogen and oxygen atoms in total. The van der Waals surface area contributed by atoms with Crippen LogP contribution in [-0.2, 0) is 17.6 Å². The number of rotatable bonds is 4. The molecule has 4 heteroatoms. The Morgan fingerprint density at radius 1 is 1.67 bits per heavy atom. The number of hydrogen-bond acceptors (Lipinski definition) is 3. The summed E-state index contributed by atoms with van der Waals surface area (Å²) in [6.07, 6.45) is 3.49. The molecule has 100 valence electrons. The fourth-order valence-corrected chi connectivity index (χ4v) is 3.52. The number of hydrogen-bond donors (Lipinski definition) is 1. The van der Waals surface area contributed by atoms with Crippen molar-refractivity contribution in [3.63, 3.8) is 0 Å². The Morgan fingerprint density at radius 2 is 2.44 bits per heavy atom. The van der Waals surface area contributed by atoms with E-state index >= 15 is 0 Å². The van der Waals surface area contributed by atoms with Gasteiger partial charge in [0.05, 0.1) is 11.5 Å². The molecule has 0 saturated carbocycles. The van der Waals surface area contributed by atoms with Gasteiger partial charge >= 0.3 is 0 Å². The Labute approximate surface area is 113 Å². The summed E-state index contributed by atoms with van der Waals surface area (Å²) in [5.74, 6) is 0.780. The smallest absolute Gasteiger partial charge is 0.261 e. The average molecular weight is 267 g/mol. The maximum absolute atomic E-state index is 12.1. The number of nitrogens with one attached hydrogen (secondary N) is 1. The molecule has 0 saturated heterocycles. The van der Waals surface area contributed by atoms with Crippen LogP contribution < -0.4 is 5.32 Å². The number of ether oxygens (including phenoxy) is 1. The van der Waals surface area contributed by atoms with Gasteiger partial charge in [-0.25, -0.2) is 0 Å². The predicted octanol–water partition coefficient (Wildman–Crippen LogP) is 2.64. The Balaban J connectivity index is 2.03. The van der Waals surface area contributed by atoms with E-state index in [1.807, 2.05) is 6.92 Å². The molecule has 0 bridgehead atoms. The van der Waals surface area contributed by atoms with Crippen LogP contribution in [0.4, 0.5) is 0 Å². The highest BCUT2D eigenvalue weighted by molar-refractivity contribution is 7.14. The topological polar surface area (TPSA) is 38.3 Å². The van der Waals surface area contributed by atoms with Crippen molar-refractivity contribution in [3.8, 4) is 0 Å². The Morgan fingerprint density at radius 3 is 3.17 bits per heavy atom. The molecule has 2 rings (SSSR count). The number of carbonyl (C=O) groups is 1. The van der Waals surface area contributed by atoms with Crippen LogP contribution in [0.25, 0.3) is 0 Å². The molecule has 0 spiro atoms. The van der Waals surface area contributed by atoms with Gasteiger partial charge in [0.25, 0.3) is 5.91 Å². The maximum atomic E-state index is 12.1. The van der Waals surface area contributed by atoms with Crippen LogP contribution >= 0.6 is 11.3 Å². The minimum absolute atomic E-state index is 0.0339. The van der Waals surface area contributed by atoms with E-state index in [0.29, 0.717) is 6.61 Å². The molecule has 1 N–H and O–H groups in total. The zero-order valence-corrected chi connectivity index (χ0v) is 12.1. The van der Waals surface area contributed by atoms with E-state index < -0.39 is 0 Å². The monoisotopic (exact) mass is 267 g/mol. The Hall–Kier alpha value is -0.870.